The molecule has 0 aliphatic carbocycles. The second kappa shape index (κ2) is 30.5. The molecular weight excluding hydrogens is 586 g/mol. The molecule has 35 heavy (non-hydrogen) atoms. The quantitative estimate of drug-likeness (QED) is 0.0862. The van der Waals surface area contributed by atoms with Gasteiger partial charge in [0.2, 0.25) is 0 Å². The number of aliphatic hydroxyl groups is 3. The van der Waals surface area contributed by atoms with Crippen LogP contribution in [0.2, 0.25) is 13.3 Å². The van der Waals surface area contributed by atoms with Crippen LogP contribution in [0.4, 0.5) is 0 Å². The van der Waals surface area contributed by atoms with E-state index < -0.39 is 24.5 Å². The van der Waals surface area contributed by atoms with Gasteiger partial charge < -0.3 is 10.2 Å². The van der Waals surface area contributed by atoms with Crippen molar-refractivity contribution in [3.8, 4) is 11.8 Å². The maximum Gasteiger partial charge on any atom is 0.111 e. The monoisotopic (exact) mass is 644 g/mol. The third-order valence-corrected chi connectivity index (χ3v) is 22.1. The first-order valence-electron chi connectivity index (χ1n) is 13.3. The third kappa shape index (κ3) is 30.4. The Morgan fingerprint density at radius 3 is 1.34 bits per heavy atom. The zero-order chi connectivity index (χ0) is 28.3. The van der Waals surface area contributed by atoms with Crippen LogP contribution in [-0.4, -0.2) is 57.3 Å². The molecule has 0 aromatic heterocycles. The first kappa shape index (κ1) is 42.4. The van der Waals surface area contributed by atoms with Crippen LogP contribution in [0.3, 0.4) is 0 Å². The van der Waals surface area contributed by atoms with Crippen LogP contribution in [0.5, 0.6) is 0 Å². The predicted octanol–water partition coefficient (Wildman–Crippen LogP) is 8.85. The molecule has 0 aromatic carbocycles. The molecule has 6 heteroatoms. The van der Waals surface area contributed by atoms with Crippen LogP contribution in [0.1, 0.15) is 108 Å². The smallest absolute Gasteiger partial charge is 0.111 e. The molecule has 0 rings (SSSR count). The second-order valence-electron chi connectivity index (χ2n) is 9.17. The first-order valence-corrected chi connectivity index (χ1v) is 21.8. The number of rotatable bonds is 12. The van der Waals surface area contributed by atoms with E-state index in [-0.39, 0.29) is 17.5 Å². The van der Waals surface area contributed by atoms with Gasteiger partial charge in [-0.25, -0.2) is 0 Å². The molecule has 0 aliphatic rings. The average molecular weight is 644 g/mol. The van der Waals surface area contributed by atoms with Gasteiger partial charge in [0.25, 0.3) is 0 Å². The van der Waals surface area contributed by atoms with Crippen molar-refractivity contribution in [2.75, 3.05) is 5.34 Å². The average Bonchev–Trinajstić information content (AvgIpc) is 2.75. The molecular formula is C29H58Cl2O3Sn. The van der Waals surface area contributed by atoms with Gasteiger partial charge in [0, 0.05) is 0 Å². The summed E-state index contributed by atoms with van der Waals surface area (Å²) in [6.45, 7) is 20.0. The summed E-state index contributed by atoms with van der Waals surface area (Å²) in [5.41, 5.74) is 1.16. The van der Waals surface area contributed by atoms with Gasteiger partial charge in [0.15, 0.2) is 0 Å². The van der Waals surface area contributed by atoms with Crippen molar-refractivity contribution in [1.29, 1.82) is 0 Å². The zero-order valence-electron chi connectivity index (χ0n) is 24.6. The van der Waals surface area contributed by atoms with Gasteiger partial charge in [-0.2, -0.15) is 0 Å². The SMILES string of the molecule is C/C=[C](/C(C)O)[Sn]([CH2]CCC)([CH2]CCC)[CH2]CCC.CC#CC(C)O.CC(C)=CC(C)O.ClCCl. The van der Waals surface area contributed by atoms with Crippen LogP contribution >= 0.6 is 23.2 Å². The summed E-state index contributed by atoms with van der Waals surface area (Å²) in [5, 5.41) is 27.4. The molecule has 0 aliphatic heterocycles. The number of alkyl halides is 2. The van der Waals surface area contributed by atoms with Crippen molar-refractivity contribution in [1.82, 2.24) is 0 Å². The van der Waals surface area contributed by atoms with Crippen molar-refractivity contribution in [3.05, 3.63) is 21.3 Å². The normalized spacial score (nSPS) is 13.2. The molecule has 3 nitrogen and oxygen atoms in total. The summed E-state index contributed by atoms with van der Waals surface area (Å²) in [6, 6.07) is 0. The fourth-order valence-corrected chi connectivity index (χ4v) is 21.7. The Morgan fingerprint density at radius 2 is 1.23 bits per heavy atom. The fraction of sp³-hybridized carbons (Fsp3) is 0.793. The Morgan fingerprint density at radius 1 is 0.857 bits per heavy atom. The number of hydrogen-bond donors (Lipinski definition) is 3. The van der Waals surface area contributed by atoms with Crippen LogP contribution in [0, 0.1) is 11.8 Å². The Kier molecular flexibility index (Phi) is 37.0. The van der Waals surface area contributed by atoms with Gasteiger partial charge in [-0.1, -0.05) is 17.6 Å². The molecule has 0 radical (unpaired) electrons. The molecule has 0 fully saturated rings. The van der Waals surface area contributed by atoms with E-state index in [2.05, 4.69) is 45.6 Å². The fourth-order valence-electron chi connectivity index (χ4n) is 4.04. The van der Waals surface area contributed by atoms with Crippen molar-refractivity contribution < 1.29 is 15.3 Å². The Bertz CT molecular complexity index is 536. The molecule has 3 unspecified atom stereocenters. The summed E-state index contributed by atoms with van der Waals surface area (Å²) in [5.74, 6) is 5.08. The van der Waals surface area contributed by atoms with Crippen molar-refractivity contribution >= 4 is 41.6 Å². The summed E-state index contributed by atoms with van der Waals surface area (Å²) in [4.78, 5) is 0. The van der Waals surface area contributed by atoms with Crippen LogP contribution < -0.4 is 0 Å². The number of unbranched alkanes of at least 4 members (excludes halogenated alkanes) is 3. The number of halogens is 2. The molecule has 0 spiro atoms. The van der Waals surface area contributed by atoms with E-state index in [9.17, 15) is 5.11 Å². The van der Waals surface area contributed by atoms with E-state index >= 15 is 0 Å². The number of aliphatic hydroxyl groups excluding tert-OH is 3. The molecule has 210 valence electrons. The third-order valence-electron chi connectivity index (χ3n) is 5.33. The van der Waals surface area contributed by atoms with E-state index in [0.717, 1.165) is 5.57 Å². The van der Waals surface area contributed by atoms with E-state index in [4.69, 9.17) is 33.4 Å². The molecule has 0 bridgehead atoms. The Hall–Kier alpha value is 0.299. The van der Waals surface area contributed by atoms with Gasteiger partial charge in [0.05, 0.1) is 11.4 Å². The maximum absolute atomic E-state index is 10.2. The van der Waals surface area contributed by atoms with E-state index in [1.807, 2.05) is 20.8 Å². The van der Waals surface area contributed by atoms with Gasteiger partial charge in [0.1, 0.15) is 6.10 Å². The van der Waals surface area contributed by atoms with Crippen LogP contribution in [0.15, 0.2) is 21.3 Å². The molecule has 0 heterocycles. The summed E-state index contributed by atoms with van der Waals surface area (Å²) in [6.07, 6.45) is 11.1. The molecule has 0 amide bonds. The zero-order valence-corrected chi connectivity index (χ0v) is 28.9. The minimum absolute atomic E-state index is 0.194. The first-order chi connectivity index (χ1) is 16.4. The topological polar surface area (TPSA) is 60.7 Å². The van der Waals surface area contributed by atoms with E-state index in [1.54, 1.807) is 26.8 Å². The molecule has 3 N–H and O–H groups in total. The Balaban J connectivity index is -0.000000244. The minimum atomic E-state index is -2.31. The van der Waals surface area contributed by atoms with Crippen LogP contribution in [-0.2, 0) is 0 Å². The number of allylic oxidation sites excluding steroid dienone is 2. The van der Waals surface area contributed by atoms with Gasteiger partial charge >= 0.3 is 126 Å². The van der Waals surface area contributed by atoms with Gasteiger partial charge in [-0.3, -0.25) is 0 Å². The van der Waals surface area contributed by atoms with Crippen molar-refractivity contribution in [2.45, 2.75) is 139 Å². The molecule has 0 aromatic rings. The van der Waals surface area contributed by atoms with Crippen molar-refractivity contribution in [3.63, 3.8) is 0 Å². The molecule has 0 saturated heterocycles. The van der Waals surface area contributed by atoms with Crippen LogP contribution in [0.25, 0.3) is 0 Å². The molecule has 3 atom stereocenters. The summed E-state index contributed by atoms with van der Waals surface area (Å²) < 4.78 is 5.87. The Labute approximate surface area is 233 Å². The van der Waals surface area contributed by atoms with E-state index in [1.165, 1.54) is 55.4 Å². The molecule has 0 saturated carbocycles. The van der Waals surface area contributed by atoms with Gasteiger partial charge in [-0.05, 0) is 34.6 Å². The van der Waals surface area contributed by atoms with Crippen molar-refractivity contribution in [2.24, 2.45) is 0 Å². The number of hydrogen-bond acceptors (Lipinski definition) is 3. The second-order valence-corrected chi connectivity index (χ2v) is 23.2. The summed E-state index contributed by atoms with van der Waals surface area (Å²) >= 11 is 7.22. The van der Waals surface area contributed by atoms with Gasteiger partial charge in [-0.15, -0.1) is 29.1 Å². The predicted molar refractivity (Wildman–Crippen MR) is 163 cm³/mol. The standard InChI is InChI=1S/C6H12O.C5H9O.C5H8O.3C4H9.CH2Cl2.Sn/c1-5(2)4-6(3)7;2*1-3-4-5(2)6;3*1-3-4-2;2-1-3;/h4,6-7H,1-3H3;3,5-6H,1-2H3;5-6H,1-2H3;3*1,3-4H2,2H3;1H2;. The largest absolute Gasteiger partial charge is 0.389 e. The summed E-state index contributed by atoms with van der Waals surface area (Å²) in [7, 11) is 0. The van der Waals surface area contributed by atoms with E-state index in [0.29, 0.717) is 0 Å². The minimum Gasteiger partial charge on any atom is -0.389 e. The maximum atomic E-state index is 10.2.